The highest BCUT2D eigenvalue weighted by atomic mass is 32.2. The summed E-state index contributed by atoms with van der Waals surface area (Å²) in [5.41, 5.74) is 4.51. The molecule has 0 fully saturated rings. The molecule has 0 saturated carbocycles. The number of thioether (sulfide) groups is 1. The van der Waals surface area contributed by atoms with E-state index in [1.54, 1.807) is 0 Å². The van der Waals surface area contributed by atoms with E-state index in [-0.39, 0.29) is 12.5 Å². The Morgan fingerprint density at radius 2 is 1.69 bits per heavy atom. The molecular weight excluding hydrogens is 350 g/mol. The van der Waals surface area contributed by atoms with Crippen LogP contribution < -0.4 is 10.4 Å². The molecule has 0 heterocycles. The Morgan fingerprint density at radius 1 is 1.12 bits per heavy atom. The first kappa shape index (κ1) is 18.3. The molecule has 2 aromatic carbocycles. The Balaban J connectivity index is 1.68. The van der Waals surface area contributed by atoms with E-state index < -0.39 is 18.1 Å². The van der Waals surface area contributed by atoms with E-state index in [0.29, 0.717) is 12.2 Å². The maximum atomic E-state index is 12.1. The molecule has 1 aliphatic rings. The number of alkyl carbamates (subject to hydrolysis) is 1. The monoisotopic (exact) mass is 370 g/mol. The standard InChI is InChI=1S/C20H21NO4S/c1-26-11-10-18(19(22)23)21-20(24)25-12-17-15-8-4-2-6-13(15)14-7-3-5-9-16(14)17/h2-9,17-18H,10-12H2,1H3,(H,21,24)(H,22,23)/p-1/t18-/m0/s1. The molecule has 136 valence electrons. The van der Waals surface area contributed by atoms with E-state index in [1.165, 1.54) is 11.8 Å². The number of aliphatic carboxylic acids is 1. The minimum Gasteiger partial charge on any atom is -0.548 e. The van der Waals surface area contributed by atoms with Crippen LogP contribution in [0.5, 0.6) is 0 Å². The zero-order valence-electron chi connectivity index (χ0n) is 14.4. The molecule has 6 heteroatoms. The maximum Gasteiger partial charge on any atom is 0.407 e. The van der Waals surface area contributed by atoms with Crippen LogP contribution >= 0.6 is 11.8 Å². The van der Waals surface area contributed by atoms with Gasteiger partial charge in [0, 0.05) is 5.92 Å². The number of amides is 1. The van der Waals surface area contributed by atoms with Crippen LogP contribution in [0.25, 0.3) is 11.1 Å². The molecule has 2 aromatic rings. The topological polar surface area (TPSA) is 78.5 Å². The van der Waals surface area contributed by atoms with Crippen LogP contribution in [0.4, 0.5) is 4.79 Å². The highest BCUT2D eigenvalue weighted by Crippen LogP contribution is 2.44. The summed E-state index contributed by atoms with van der Waals surface area (Å²) in [6.07, 6.45) is 1.44. The van der Waals surface area contributed by atoms with Crippen molar-refractivity contribution in [2.75, 3.05) is 18.6 Å². The highest BCUT2D eigenvalue weighted by Gasteiger charge is 2.29. The normalized spacial score (nSPS) is 13.6. The van der Waals surface area contributed by atoms with Gasteiger partial charge in [0.25, 0.3) is 0 Å². The van der Waals surface area contributed by atoms with Crippen LogP contribution in [0.1, 0.15) is 23.5 Å². The maximum absolute atomic E-state index is 12.1. The smallest absolute Gasteiger partial charge is 0.407 e. The summed E-state index contributed by atoms with van der Waals surface area (Å²) in [6, 6.07) is 15.0. The predicted octanol–water partition coefficient (Wildman–Crippen LogP) is 2.40. The van der Waals surface area contributed by atoms with Gasteiger partial charge in [-0.2, -0.15) is 11.8 Å². The van der Waals surface area contributed by atoms with Crippen molar-refractivity contribution in [3.05, 3.63) is 59.7 Å². The minimum atomic E-state index is -1.30. The molecule has 0 unspecified atom stereocenters. The lowest BCUT2D eigenvalue weighted by atomic mass is 9.98. The Morgan fingerprint density at radius 3 is 2.23 bits per heavy atom. The largest absolute Gasteiger partial charge is 0.548 e. The lowest BCUT2D eigenvalue weighted by Crippen LogP contribution is -2.48. The first-order chi connectivity index (χ1) is 12.6. The summed E-state index contributed by atoms with van der Waals surface area (Å²) in [5.74, 6) is -0.740. The molecule has 1 N–H and O–H groups in total. The Bertz CT molecular complexity index is 762. The summed E-state index contributed by atoms with van der Waals surface area (Å²) in [5, 5.41) is 13.5. The second kappa shape index (κ2) is 8.27. The molecule has 1 atom stereocenters. The first-order valence-corrected chi connectivity index (χ1v) is 9.82. The zero-order valence-corrected chi connectivity index (χ0v) is 15.3. The molecule has 0 radical (unpaired) electrons. The number of carboxylic acid groups (broad SMARTS) is 1. The van der Waals surface area contributed by atoms with Crippen molar-refractivity contribution in [1.82, 2.24) is 5.32 Å². The number of rotatable bonds is 7. The summed E-state index contributed by atoms with van der Waals surface area (Å²) < 4.78 is 5.35. The third kappa shape index (κ3) is 3.85. The third-order valence-electron chi connectivity index (χ3n) is 4.53. The van der Waals surface area contributed by atoms with E-state index in [4.69, 9.17) is 4.74 Å². The average molecular weight is 370 g/mol. The fourth-order valence-corrected chi connectivity index (χ4v) is 3.74. The van der Waals surface area contributed by atoms with Gasteiger partial charge in [0.15, 0.2) is 0 Å². The van der Waals surface area contributed by atoms with Crippen molar-refractivity contribution in [2.24, 2.45) is 0 Å². The van der Waals surface area contributed by atoms with Gasteiger partial charge < -0.3 is 20.0 Å². The number of hydrogen-bond acceptors (Lipinski definition) is 5. The van der Waals surface area contributed by atoms with Gasteiger partial charge >= 0.3 is 6.09 Å². The van der Waals surface area contributed by atoms with Gasteiger partial charge in [0.2, 0.25) is 0 Å². The van der Waals surface area contributed by atoms with Crippen molar-refractivity contribution in [1.29, 1.82) is 0 Å². The summed E-state index contributed by atoms with van der Waals surface area (Å²) in [4.78, 5) is 23.2. The Kier molecular flexibility index (Phi) is 5.83. The highest BCUT2D eigenvalue weighted by molar-refractivity contribution is 7.98. The zero-order chi connectivity index (χ0) is 18.5. The fraction of sp³-hybridized carbons (Fsp3) is 0.300. The van der Waals surface area contributed by atoms with Crippen molar-refractivity contribution in [3.63, 3.8) is 0 Å². The van der Waals surface area contributed by atoms with Crippen LogP contribution in [0.3, 0.4) is 0 Å². The Hall–Kier alpha value is -2.47. The molecule has 0 bridgehead atoms. The Labute approximate surface area is 156 Å². The molecular formula is C20H20NO4S-. The van der Waals surface area contributed by atoms with Crippen molar-refractivity contribution in [3.8, 4) is 11.1 Å². The third-order valence-corrected chi connectivity index (χ3v) is 5.17. The summed E-state index contributed by atoms with van der Waals surface area (Å²) in [7, 11) is 0. The molecule has 0 saturated heterocycles. The minimum absolute atomic E-state index is 0.0549. The molecule has 1 amide bonds. The molecule has 26 heavy (non-hydrogen) atoms. The van der Waals surface area contributed by atoms with Gasteiger partial charge in [-0.25, -0.2) is 4.79 Å². The van der Waals surface area contributed by atoms with E-state index in [9.17, 15) is 14.7 Å². The second-order valence-corrected chi connectivity index (χ2v) is 7.11. The van der Waals surface area contributed by atoms with Crippen LogP contribution in [-0.4, -0.2) is 36.7 Å². The van der Waals surface area contributed by atoms with Crippen molar-refractivity contribution >= 4 is 23.8 Å². The number of benzene rings is 2. The van der Waals surface area contributed by atoms with Crippen molar-refractivity contribution in [2.45, 2.75) is 18.4 Å². The molecule has 0 aliphatic heterocycles. The van der Waals surface area contributed by atoms with E-state index in [1.807, 2.05) is 42.7 Å². The van der Waals surface area contributed by atoms with Gasteiger partial charge in [-0.15, -0.1) is 0 Å². The summed E-state index contributed by atoms with van der Waals surface area (Å²) >= 11 is 1.51. The van der Waals surface area contributed by atoms with Crippen LogP contribution in [0.2, 0.25) is 0 Å². The van der Waals surface area contributed by atoms with Crippen LogP contribution in [0, 0.1) is 0 Å². The molecule has 1 aliphatic carbocycles. The number of ether oxygens (including phenoxy) is 1. The second-order valence-electron chi connectivity index (χ2n) is 6.12. The number of carboxylic acids is 1. The number of nitrogens with one attached hydrogen (secondary N) is 1. The van der Waals surface area contributed by atoms with Crippen molar-refractivity contribution < 1.29 is 19.4 Å². The lowest BCUT2D eigenvalue weighted by Gasteiger charge is -2.20. The van der Waals surface area contributed by atoms with Gasteiger partial charge in [-0.1, -0.05) is 48.5 Å². The van der Waals surface area contributed by atoms with E-state index in [0.717, 1.165) is 22.3 Å². The molecule has 0 spiro atoms. The van der Waals surface area contributed by atoms with Gasteiger partial charge in [0.1, 0.15) is 6.61 Å². The van der Waals surface area contributed by atoms with Gasteiger partial charge in [-0.05, 0) is 40.7 Å². The predicted molar refractivity (Wildman–Crippen MR) is 100.0 cm³/mol. The SMILES string of the molecule is CSCC[C@H](NC(=O)OCC1c2ccccc2-c2ccccc21)C(=O)[O-]. The van der Waals surface area contributed by atoms with Crippen LogP contribution in [0.15, 0.2) is 48.5 Å². The average Bonchev–Trinajstić information content (AvgIpc) is 2.97. The lowest BCUT2D eigenvalue weighted by molar-refractivity contribution is -0.308. The van der Waals surface area contributed by atoms with Gasteiger partial charge in [0.05, 0.1) is 12.0 Å². The number of fused-ring (bicyclic) bond motifs is 3. The number of carbonyl (C=O) groups excluding carboxylic acids is 2. The number of carbonyl (C=O) groups is 2. The molecule has 0 aromatic heterocycles. The molecule has 5 nitrogen and oxygen atoms in total. The fourth-order valence-electron chi connectivity index (χ4n) is 3.27. The van der Waals surface area contributed by atoms with Crippen LogP contribution in [-0.2, 0) is 9.53 Å². The van der Waals surface area contributed by atoms with E-state index in [2.05, 4.69) is 17.4 Å². The quantitative estimate of drug-likeness (QED) is 0.810. The summed E-state index contributed by atoms with van der Waals surface area (Å²) in [6.45, 7) is 0.155. The number of hydrogen-bond donors (Lipinski definition) is 1. The molecule has 3 rings (SSSR count). The van der Waals surface area contributed by atoms with E-state index >= 15 is 0 Å². The first-order valence-electron chi connectivity index (χ1n) is 8.43. The van der Waals surface area contributed by atoms with Gasteiger partial charge in [-0.3, -0.25) is 0 Å².